The molecular weight excluding hydrogens is 684 g/mol. The highest BCUT2D eigenvalue weighted by Crippen LogP contribution is 2.37. The molecule has 0 radical (unpaired) electrons. The Morgan fingerprint density at radius 1 is 0.981 bits per heavy atom. The van der Waals surface area contributed by atoms with Crippen molar-refractivity contribution in [2.24, 2.45) is 5.92 Å². The van der Waals surface area contributed by atoms with Crippen LogP contribution in [0, 0.1) is 24.5 Å². The van der Waals surface area contributed by atoms with Crippen molar-refractivity contribution in [3.63, 3.8) is 0 Å². The Balaban J connectivity index is 1.07. The largest absolute Gasteiger partial charge is 0.386 e. The van der Waals surface area contributed by atoms with Gasteiger partial charge in [-0.25, -0.2) is 23.2 Å². The molecule has 5 aromatic rings. The first kappa shape index (κ1) is 36.1. The van der Waals surface area contributed by atoms with Gasteiger partial charge in [0.05, 0.1) is 22.5 Å². The molecule has 7 rings (SSSR count). The third-order valence-corrected chi connectivity index (χ3v) is 10.8. The summed E-state index contributed by atoms with van der Waals surface area (Å²) >= 11 is 6.50. The van der Waals surface area contributed by atoms with Gasteiger partial charge in [0, 0.05) is 67.7 Å². The van der Waals surface area contributed by atoms with E-state index in [2.05, 4.69) is 54.3 Å². The minimum Gasteiger partial charge on any atom is -0.386 e. The molecule has 0 spiro atoms. The summed E-state index contributed by atoms with van der Waals surface area (Å²) in [5.41, 5.74) is 3.71. The zero-order chi connectivity index (χ0) is 36.6. The van der Waals surface area contributed by atoms with Crippen LogP contribution in [0.25, 0.3) is 33.5 Å². The first-order chi connectivity index (χ1) is 24.9. The SMILES string of the molecule is Cc1c(-c2ncnc3[nH]c(-c4ccc(CN5CCN(CC6CCNCC6)CC5)cc4)cc23)cc(F)cc1N(Cl)C(=O)c1ccc(C(C)(C)O)cc1F. The fourth-order valence-corrected chi connectivity index (χ4v) is 7.58. The molecule has 12 heteroatoms. The average Bonchev–Trinajstić information content (AvgIpc) is 3.58. The third-order valence-electron chi connectivity index (χ3n) is 10.4. The molecular formula is C40H44ClF2N7O2. The summed E-state index contributed by atoms with van der Waals surface area (Å²) in [5, 5.41) is 14.4. The normalized spacial score (nSPS) is 16.4. The summed E-state index contributed by atoms with van der Waals surface area (Å²) in [6.07, 6.45) is 3.96. The number of amides is 1. The quantitative estimate of drug-likeness (QED) is 0.140. The van der Waals surface area contributed by atoms with E-state index in [1.807, 2.05) is 6.07 Å². The number of carbonyl (C=O) groups excluding carboxylic acids is 1. The Hall–Kier alpha value is -4.26. The van der Waals surface area contributed by atoms with Crippen LogP contribution < -0.4 is 9.74 Å². The Morgan fingerprint density at radius 3 is 2.38 bits per heavy atom. The van der Waals surface area contributed by atoms with E-state index in [1.165, 1.54) is 63.3 Å². The van der Waals surface area contributed by atoms with Crippen LogP contribution in [0.4, 0.5) is 14.5 Å². The van der Waals surface area contributed by atoms with Crippen molar-refractivity contribution in [2.45, 2.75) is 45.8 Å². The van der Waals surface area contributed by atoms with Gasteiger partial charge in [-0.05, 0) is 105 Å². The number of aliphatic hydroxyl groups is 1. The van der Waals surface area contributed by atoms with Gasteiger partial charge in [0.15, 0.2) is 0 Å². The predicted molar refractivity (Wildman–Crippen MR) is 201 cm³/mol. The molecule has 1 amide bonds. The van der Waals surface area contributed by atoms with E-state index in [1.54, 1.807) is 6.92 Å². The highest BCUT2D eigenvalue weighted by molar-refractivity contribution is 6.39. The molecule has 2 fully saturated rings. The zero-order valence-corrected chi connectivity index (χ0v) is 30.5. The van der Waals surface area contributed by atoms with Crippen molar-refractivity contribution < 1.29 is 18.7 Å². The number of carbonyl (C=O) groups is 1. The first-order valence-electron chi connectivity index (χ1n) is 17.9. The van der Waals surface area contributed by atoms with Crippen molar-refractivity contribution >= 4 is 34.4 Å². The average molecular weight is 728 g/mol. The van der Waals surface area contributed by atoms with Crippen LogP contribution in [0.15, 0.2) is 67.0 Å². The summed E-state index contributed by atoms with van der Waals surface area (Å²) in [5.74, 6) is -1.56. The Kier molecular flexibility index (Phi) is 10.4. The van der Waals surface area contributed by atoms with E-state index in [-0.39, 0.29) is 11.3 Å². The maximum absolute atomic E-state index is 15.2. The van der Waals surface area contributed by atoms with Gasteiger partial charge in [0.1, 0.15) is 23.6 Å². The van der Waals surface area contributed by atoms with E-state index < -0.39 is 23.1 Å². The van der Waals surface area contributed by atoms with Crippen LogP contribution in [-0.4, -0.2) is 81.6 Å². The van der Waals surface area contributed by atoms with Gasteiger partial charge in [-0.15, -0.1) is 0 Å². The minimum atomic E-state index is -1.30. The molecule has 9 nitrogen and oxygen atoms in total. The number of piperidine rings is 1. The fraction of sp³-hybridized carbons (Fsp3) is 0.375. The molecule has 0 atom stereocenters. The topological polar surface area (TPSA) is 101 Å². The molecule has 0 bridgehead atoms. The monoisotopic (exact) mass is 727 g/mol. The second-order valence-corrected chi connectivity index (χ2v) is 14.9. The standard InChI is InChI=1S/C40H44ClF2N7O2/c1-25-32(19-30(42)20-36(25)50(41)39(51)31-9-8-29(18-34(31)43)40(2,3)52)37-33-21-35(47-38(33)46-24-45-37)28-6-4-26(5-7-28)22-48-14-16-49(17-15-48)23-27-10-12-44-13-11-27/h4-9,18-21,24,27,44,52H,10-17,22-23H2,1-3H3,(H,45,46,47). The molecule has 3 N–H and O–H groups in total. The number of hydrogen-bond donors (Lipinski definition) is 3. The molecule has 4 heterocycles. The van der Waals surface area contributed by atoms with E-state index in [0.29, 0.717) is 37.8 Å². The number of fused-ring (bicyclic) bond motifs is 1. The van der Waals surface area contributed by atoms with Crippen LogP contribution in [0.1, 0.15) is 53.7 Å². The molecule has 2 aromatic heterocycles. The number of benzene rings is 3. The fourth-order valence-electron chi connectivity index (χ4n) is 7.32. The van der Waals surface area contributed by atoms with Crippen molar-refractivity contribution in [3.8, 4) is 22.5 Å². The number of aromatic amines is 1. The molecule has 3 aromatic carbocycles. The lowest BCUT2D eigenvalue weighted by Crippen LogP contribution is -2.48. The molecule has 52 heavy (non-hydrogen) atoms. The molecule has 272 valence electrons. The maximum Gasteiger partial charge on any atom is 0.275 e. The highest BCUT2D eigenvalue weighted by atomic mass is 35.5. The second kappa shape index (κ2) is 15.0. The van der Waals surface area contributed by atoms with Gasteiger partial charge < -0.3 is 20.3 Å². The molecule has 2 aliphatic rings. The summed E-state index contributed by atoms with van der Waals surface area (Å²) in [7, 11) is 0. The number of rotatable bonds is 9. The molecule has 0 unspecified atom stereocenters. The zero-order valence-electron chi connectivity index (χ0n) is 29.7. The molecule has 2 saturated heterocycles. The Labute approximate surface area is 307 Å². The number of nitrogens with zero attached hydrogens (tertiary/aromatic N) is 5. The van der Waals surface area contributed by atoms with Crippen molar-refractivity contribution in [3.05, 3.63) is 101 Å². The van der Waals surface area contributed by atoms with E-state index in [0.717, 1.165) is 75.1 Å². The highest BCUT2D eigenvalue weighted by Gasteiger charge is 2.27. The van der Waals surface area contributed by atoms with Crippen molar-refractivity contribution in [1.29, 1.82) is 0 Å². The predicted octanol–water partition coefficient (Wildman–Crippen LogP) is 7.02. The van der Waals surface area contributed by atoms with Crippen LogP contribution in [0.3, 0.4) is 0 Å². The van der Waals surface area contributed by atoms with Gasteiger partial charge in [0.2, 0.25) is 0 Å². The number of aromatic nitrogens is 3. The smallest absolute Gasteiger partial charge is 0.275 e. The van der Waals surface area contributed by atoms with Gasteiger partial charge in [0.25, 0.3) is 5.91 Å². The van der Waals surface area contributed by atoms with Crippen LogP contribution in [0.5, 0.6) is 0 Å². The maximum atomic E-state index is 15.2. The lowest BCUT2D eigenvalue weighted by atomic mass is 9.96. The molecule has 0 saturated carbocycles. The van der Waals surface area contributed by atoms with E-state index in [9.17, 15) is 9.90 Å². The number of anilines is 1. The van der Waals surface area contributed by atoms with E-state index >= 15 is 8.78 Å². The summed E-state index contributed by atoms with van der Waals surface area (Å²) < 4.78 is 31.0. The number of halogens is 3. The van der Waals surface area contributed by atoms with Crippen molar-refractivity contribution in [2.75, 3.05) is 50.2 Å². The van der Waals surface area contributed by atoms with E-state index in [4.69, 9.17) is 11.8 Å². The number of nitrogens with one attached hydrogen (secondary N) is 2. The van der Waals surface area contributed by atoms with Crippen LogP contribution in [0.2, 0.25) is 0 Å². The number of hydrogen-bond acceptors (Lipinski definition) is 7. The van der Waals surface area contributed by atoms with Gasteiger partial charge in [-0.2, -0.15) is 0 Å². The molecule has 0 aliphatic carbocycles. The third kappa shape index (κ3) is 7.74. The lowest BCUT2D eigenvalue weighted by molar-refractivity contribution is 0.0780. The minimum absolute atomic E-state index is 0.0499. The summed E-state index contributed by atoms with van der Waals surface area (Å²) in [6, 6.07) is 16.7. The number of piperazine rings is 1. The van der Waals surface area contributed by atoms with Crippen LogP contribution >= 0.6 is 11.8 Å². The van der Waals surface area contributed by atoms with Gasteiger partial charge in [-0.1, -0.05) is 30.3 Å². The Morgan fingerprint density at radius 2 is 1.69 bits per heavy atom. The van der Waals surface area contributed by atoms with Crippen LogP contribution in [-0.2, 0) is 12.1 Å². The first-order valence-corrected chi connectivity index (χ1v) is 18.2. The Bertz CT molecular complexity index is 2070. The van der Waals surface area contributed by atoms with Gasteiger partial charge >= 0.3 is 0 Å². The molecule has 2 aliphatic heterocycles. The second-order valence-electron chi connectivity index (χ2n) is 14.6. The number of H-pyrrole nitrogens is 1. The van der Waals surface area contributed by atoms with Crippen molar-refractivity contribution in [1.82, 2.24) is 30.1 Å². The van der Waals surface area contributed by atoms with Gasteiger partial charge in [-0.3, -0.25) is 9.69 Å². The summed E-state index contributed by atoms with van der Waals surface area (Å²) in [6.45, 7) is 13.5. The summed E-state index contributed by atoms with van der Waals surface area (Å²) in [4.78, 5) is 30.8. The lowest BCUT2D eigenvalue weighted by Gasteiger charge is -2.37.